The van der Waals surface area contributed by atoms with Crippen molar-refractivity contribution in [2.75, 3.05) is 4.90 Å². The third-order valence-electron chi connectivity index (χ3n) is 9.13. The van der Waals surface area contributed by atoms with Crippen LogP contribution < -0.4 is 4.90 Å². The Morgan fingerprint density at radius 3 is 1.73 bits per heavy atom. The molecule has 2 heterocycles. The predicted octanol–water partition coefficient (Wildman–Crippen LogP) is 13.1. The number of nitrogens with zero attached hydrogens (tertiary/aromatic N) is 2. The van der Waals surface area contributed by atoms with Crippen LogP contribution in [0.25, 0.3) is 64.3 Å². The molecule has 0 aliphatic carbocycles. The number of rotatable bonds is 6. The van der Waals surface area contributed by atoms with E-state index in [-0.39, 0.29) is 0 Å². The molecule has 0 aliphatic heterocycles. The highest BCUT2D eigenvalue weighted by atomic mass is 32.1. The van der Waals surface area contributed by atoms with E-state index in [2.05, 4.69) is 181 Å². The first-order valence-corrected chi connectivity index (χ1v) is 17.0. The van der Waals surface area contributed by atoms with Crippen LogP contribution in [-0.4, -0.2) is 4.98 Å². The summed E-state index contributed by atoms with van der Waals surface area (Å²) in [6, 6.07) is 62.9. The van der Waals surface area contributed by atoms with Crippen LogP contribution in [0, 0.1) is 0 Å². The molecule has 0 bridgehead atoms. The standard InChI is InChI=1S/C45H30N2S/c1-4-12-31(13-5-1)33-20-24-37(25-21-33)47(42-27-23-36(32-14-6-2-7-15-32)30-41(42)34-16-8-3-9-17-34)45-44-40(28-29-46-45)39-26-22-35-18-10-11-19-38(35)43(39)48-44/h1-30H. The summed E-state index contributed by atoms with van der Waals surface area (Å²) in [5.74, 6) is 0.926. The van der Waals surface area contributed by atoms with Gasteiger partial charge in [0.25, 0.3) is 0 Å². The van der Waals surface area contributed by atoms with E-state index in [1.807, 2.05) is 17.5 Å². The lowest BCUT2D eigenvalue weighted by Crippen LogP contribution is -2.13. The molecule has 226 valence electrons. The van der Waals surface area contributed by atoms with Crippen molar-refractivity contribution < 1.29 is 0 Å². The van der Waals surface area contributed by atoms with E-state index >= 15 is 0 Å². The van der Waals surface area contributed by atoms with Crippen molar-refractivity contribution in [2.24, 2.45) is 0 Å². The molecule has 0 radical (unpaired) electrons. The van der Waals surface area contributed by atoms with Crippen LogP contribution in [0.2, 0.25) is 0 Å². The van der Waals surface area contributed by atoms with Gasteiger partial charge in [0, 0.05) is 32.9 Å². The molecule has 7 aromatic carbocycles. The fourth-order valence-corrected chi connectivity index (χ4v) is 8.09. The molecule has 0 fully saturated rings. The number of hydrogen-bond acceptors (Lipinski definition) is 3. The maximum atomic E-state index is 5.17. The highest BCUT2D eigenvalue weighted by Crippen LogP contribution is 2.48. The summed E-state index contributed by atoms with van der Waals surface area (Å²) >= 11 is 1.83. The minimum atomic E-state index is 0.926. The Morgan fingerprint density at radius 1 is 0.417 bits per heavy atom. The first-order chi connectivity index (χ1) is 23.8. The second-order valence-corrected chi connectivity index (χ2v) is 13.0. The SMILES string of the molecule is c1ccc(-c2ccc(N(c3ccc(-c4ccccc4)cc3-c3ccccc3)c3nccc4c3sc3c5ccccc5ccc43)cc2)cc1. The molecule has 0 atom stereocenters. The summed E-state index contributed by atoms with van der Waals surface area (Å²) in [6.45, 7) is 0. The third kappa shape index (κ3) is 4.93. The van der Waals surface area contributed by atoms with Gasteiger partial charge in [0.1, 0.15) is 0 Å². The summed E-state index contributed by atoms with van der Waals surface area (Å²) in [5.41, 5.74) is 9.19. The van der Waals surface area contributed by atoms with E-state index < -0.39 is 0 Å². The van der Waals surface area contributed by atoms with Crippen molar-refractivity contribution in [3.05, 3.63) is 182 Å². The molecule has 2 aromatic heterocycles. The molecule has 0 amide bonds. The average Bonchev–Trinajstić information content (AvgIpc) is 3.57. The minimum Gasteiger partial charge on any atom is -0.293 e. The number of benzene rings is 7. The van der Waals surface area contributed by atoms with Crippen LogP contribution in [0.15, 0.2) is 182 Å². The largest absolute Gasteiger partial charge is 0.293 e. The summed E-state index contributed by atoms with van der Waals surface area (Å²) in [6.07, 6.45) is 1.96. The van der Waals surface area contributed by atoms with Gasteiger partial charge < -0.3 is 0 Å². The molecular formula is C45H30N2S. The molecule has 9 rings (SSSR count). The molecule has 48 heavy (non-hydrogen) atoms. The maximum Gasteiger partial charge on any atom is 0.155 e. The lowest BCUT2D eigenvalue weighted by molar-refractivity contribution is 1.21. The third-order valence-corrected chi connectivity index (χ3v) is 10.4. The van der Waals surface area contributed by atoms with Crippen molar-refractivity contribution in [1.29, 1.82) is 0 Å². The fourth-order valence-electron chi connectivity index (χ4n) is 6.78. The molecule has 0 unspecified atom stereocenters. The normalized spacial score (nSPS) is 11.3. The van der Waals surface area contributed by atoms with Gasteiger partial charge in [-0.15, -0.1) is 11.3 Å². The van der Waals surface area contributed by atoms with Crippen LogP contribution in [0.3, 0.4) is 0 Å². The molecule has 0 saturated carbocycles. The molecule has 0 spiro atoms. The van der Waals surface area contributed by atoms with Crippen LogP contribution in [0.1, 0.15) is 0 Å². The Hall–Kier alpha value is -6.03. The Labute approximate surface area is 283 Å². The first kappa shape index (κ1) is 28.2. The summed E-state index contributed by atoms with van der Waals surface area (Å²) in [4.78, 5) is 7.52. The minimum absolute atomic E-state index is 0.926. The van der Waals surface area contributed by atoms with Gasteiger partial charge in [-0.25, -0.2) is 4.98 Å². The number of aromatic nitrogens is 1. The molecule has 2 nitrogen and oxygen atoms in total. The number of pyridine rings is 1. The zero-order valence-electron chi connectivity index (χ0n) is 26.1. The summed E-state index contributed by atoms with van der Waals surface area (Å²) in [5, 5.41) is 5.01. The lowest BCUT2D eigenvalue weighted by Gasteiger charge is -2.28. The Bertz CT molecular complexity index is 2540. The molecule has 0 aliphatic rings. The number of thiophene rings is 1. The highest BCUT2D eigenvalue weighted by Gasteiger charge is 2.23. The lowest BCUT2D eigenvalue weighted by atomic mass is 9.96. The quantitative estimate of drug-likeness (QED) is 0.182. The highest BCUT2D eigenvalue weighted by molar-refractivity contribution is 7.27. The van der Waals surface area contributed by atoms with Crippen LogP contribution in [0.5, 0.6) is 0 Å². The fraction of sp³-hybridized carbons (Fsp3) is 0. The smallest absolute Gasteiger partial charge is 0.155 e. The summed E-state index contributed by atoms with van der Waals surface area (Å²) < 4.78 is 2.46. The zero-order valence-corrected chi connectivity index (χ0v) is 26.9. The molecule has 3 heteroatoms. The molecule has 0 saturated heterocycles. The van der Waals surface area contributed by atoms with Crippen LogP contribution in [0.4, 0.5) is 17.2 Å². The average molecular weight is 631 g/mol. The Morgan fingerprint density at radius 2 is 1.00 bits per heavy atom. The van der Waals surface area contributed by atoms with Gasteiger partial charge in [0.15, 0.2) is 5.82 Å². The van der Waals surface area contributed by atoms with E-state index in [0.29, 0.717) is 0 Å². The van der Waals surface area contributed by atoms with E-state index in [4.69, 9.17) is 4.98 Å². The number of fused-ring (bicyclic) bond motifs is 5. The Balaban J connectivity index is 1.31. The zero-order chi connectivity index (χ0) is 31.9. The molecular weight excluding hydrogens is 601 g/mol. The van der Waals surface area contributed by atoms with Gasteiger partial charge >= 0.3 is 0 Å². The monoisotopic (exact) mass is 630 g/mol. The van der Waals surface area contributed by atoms with Crippen molar-refractivity contribution in [3.8, 4) is 33.4 Å². The van der Waals surface area contributed by atoms with Crippen LogP contribution in [-0.2, 0) is 0 Å². The van der Waals surface area contributed by atoms with E-state index in [1.54, 1.807) is 0 Å². The van der Waals surface area contributed by atoms with Gasteiger partial charge in [0.2, 0.25) is 0 Å². The second kappa shape index (κ2) is 12.0. The van der Waals surface area contributed by atoms with Gasteiger partial charge in [-0.1, -0.05) is 146 Å². The topological polar surface area (TPSA) is 16.1 Å². The van der Waals surface area contributed by atoms with E-state index in [9.17, 15) is 0 Å². The summed E-state index contributed by atoms with van der Waals surface area (Å²) in [7, 11) is 0. The second-order valence-electron chi connectivity index (χ2n) is 12.0. The van der Waals surface area contributed by atoms with Crippen molar-refractivity contribution in [3.63, 3.8) is 0 Å². The van der Waals surface area contributed by atoms with Crippen LogP contribution >= 0.6 is 11.3 Å². The van der Waals surface area contributed by atoms with E-state index in [1.165, 1.54) is 53.2 Å². The predicted molar refractivity (Wildman–Crippen MR) is 206 cm³/mol. The van der Waals surface area contributed by atoms with Gasteiger partial charge in [0.05, 0.1) is 10.4 Å². The van der Waals surface area contributed by atoms with Gasteiger partial charge in [-0.05, 0) is 68.9 Å². The van der Waals surface area contributed by atoms with Crippen molar-refractivity contribution >= 4 is 59.5 Å². The molecule has 9 aromatic rings. The van der Waals surface area contributed by atoms with Crippen molar-refractivity contribution in [2.45, 2.75) is 0 Å². The Kier molecular flexibility index (Phi) is 7.03. The number of hydrogen-bond donors (Lipinski definition) is 0. The van der Waals surface area contributed by atoms with E-state index in [0.717, 1.165) is 28.3 Å². The maximum absolute atomic E-state index is 5.17. The van der Waals surface area contributed by atoms with Crippen molar-refractivity contribution in [1.82, 2.24) is 4.98 Å². The van der Waals surface area contributed by atoms with Gasteiger partial charge in [-0.2, -0.15) is 0 Å². The number of anilines is 3. The molecule has 0 N–H and O–H groups in total. The first-order valence-electron chi connectivity index (χ1n) is 16.2. The van der Waals surface area contributed by atoms with Gasteiger partial charge in [-0.3, -0.25) is 4.90 Å².